The molecule has 2 rings (SSSR count). The Kier molecular flexibility index (Phi) is 8.03. The summed E-state index contributed by atoms with van der Waals surface area (Å²) in [7, 11) is 1.67. The molecule has 2 aromatic rings. The maximum Gasteiger partial charge on any atom is 0.253 e. The molecule has 142 valence electrons. The summed E-state index contributed by atoms with van der Waals surface area (Å²) in [4.78, 5) is 17.4. The van der Waals surface area contributed by atoms with Crippen LogP contribution in [0.15, 0.2) is 29.1 Å². The maximum absolute atomic E-state index is 12.5. The molecule has 0 fully saturated rings. The van der Waals surface area contributed by atoms with Crippen LogP contribution in [0.25, 0.3) is 10.9 Å². The number of pyridine rings is 1. The summed E-state index contributed by atoms with van der Waals surface area (Å²) in [5, 5.41) is 13.9. The fourth-order valence-electron chi connectivity index (χ4n) is 2.79. The third-order valence-corrected chi connectivity index (χ3v) is 4.60. The number of thiocarbonyl (C=S) groups is 1. The van der Waals surface area contributed by atoms with Crippen molar-refractivity contribution in [1.29, 1.82) is 0 Å². The SMILES string of the molecule is COCCCNC(=S)N(CCCO)Cc1cc2cccc(C)c2[nH]c1=O. The van der Waals surface area contributed by atoms with Crippen LogP contribution in [0.5, 0.6) is 0 Å². The Balaban J connectivity index is 2.16. The van der Waals surface area contributed by atoms with Crippen molar-refractivity contribution in [2.24, 2.45) is 0 Å². The van der Waals surface area contributed by atoms with E-state index in [2.05, 4.69) is 10.3 Å². The van der Waals surface area contributed by atoms with E-state index in [1.807, 2.05) is 36.1 Å². The fraction of sp³-hybridized carbons (Fsp3) is 0.474. The van der Waals surface area contributed by atoms with Gasteiger partial charge in [0.15, 0.2) is 5.11 Å². The molecule has 7 heteroatoms. The summed E-state index contributed by atoms with van der Waals surface area (Å²) in [6.07, 6.45) is 1.44. The van der Waals surface area contributed by atoms with Gasteiger partial charge in [-0.3, -0.25) is 4.79 Å². The number of hydrogen-bond donors (Lipinski definition) is 3. The number of fused-ring (bicyclic) bond motifs is 1. The van der Waals surface area contributed by atoms with Gasteiger partial charge < -0.3 is 25.0 Å². The molecular formula is C19H27N3O3S. The van der Waals surface area contributed by atoms with Crippen LogP contribution >= 0.6 is 12.2 Å². The van der Waals surface area contributed by atoms with Gasteiger partial charge in [-0.25, -0.2) is 0 Å². The number of aromatic amines is 1. The Morgan fingerprint density at radius 3 is 2.92 bits per heavy atom. The van der Waals surface area contributed by atoms with E-state index in [4.69, 9.17) is 22.1 Å². The van der Waals surface area contributed by atoms with E-state index in [9.17, 15) is 4.79 Å². The van der Waals surface area contributed by atoms with Crippen LogP contribution < -0.4 is 10.9 Å². The van der Waals surface area contributed by atoms with Gasteiger partial charge in [-0.15, -0.1) is 0 Å². The van der Waals surface area contributed by atoms with Gasteiger partial charge in [0.1, 0.15) is 0 Å². The van der Waals surface area contributed by atoms with Crippen molar-refractivity contribution < 1.29 is 9.84 Å². The molecule has 26 heavy (non-hydrogen) atoms. The Bertz CT molecular complexity index is 791. The van der Waals surface area contributed by atoms with Crippen molar-refractivity contribution in [3.63, 3.8) is 0 Å². The number of aliphatic hydroxyl groups is 1. The van der Waals surface area contributed by atoms with Crippen LogP contribution in [0.4, 0.5) is 0 Å². The molecular weight excluding hydrogens is 350 g/mol. The zero-order valence-corrected chi connectivity index (χ0v) is 16.2. The van der Waals surface area contributed by atoms with Gasteiger partial charge in [-0.05, 0) is 49.0 Å². The average Bonchev–Trinajstić information content (AvgIpc) is 2.63. The van der Waals surface area contributed by atoms with Crippen molar-refractivity contribution >= 4 is 28.2 Å². The number of nitrogens with zero attached hydrogens (tertiary/aromatic N) is 1. The van der Waals surface area contributed by atoms with E-state index in [0.29, 0.717) is 43.3 Å². The topological polar surface area (TPSA) is 77.6 Å². The maximum atomic E-state index is 12.5. The highest BCUT2D eigenvalue weighted by Gasteiger charge is 2.13. The molecule has 6 nitrogen and oxygen atoms in total. The van der Waals surface area contributed by atoms with Gasteiger partial charge in [-0.2, -0.15) is 0 Å². The number of methoxy groups -OCH3 is 1. The minimum absolute atomic E-state index is 0.0794. The summed E-state index contributed by atoms with van der Waals surface area (Å²) < 4.78 is 5.04. The number of aryl methyl sites for hydroxylation is 1. The Hall–Kier alpha value is -1.96. The molecule has 0 saturated heterocycles. The molecule has 0 saturated carbocycles. The molecule has 0 bridgehead atoms. The van der Waals surface area contributed by atoms with Crippen LogP contribution in [0.3, 0.4) is 0 Å². The largest absolute Gasteiger partial charge is 0.396 e. The van der Waals surface area contributed by atoms with E-state index in [-0.39, 0.29) is 12.2 Å². The summed E-state index contributed by atoms with van der Waals surface area (Å²) in [5.41, 5.74) is 2.45. The van der Waals surface area contributed by atoms with E-state index in [1.54, 1.807) is 7.11 Å². The van der Waals surface area contributed by atoms with Crippen molar-refractivity contribution in [3.05, 3.63) is 45.7 Å². The number of H-pyrrole nitrogens is 1. The number of ether oxygens (including phenoxy) is 1. The van der Waals surface area contributed by atoms with Gasteiger partial charge >= 0.3 is 0 Å². The Labute approximate surface area is 159 Å². The minimum Gasteiger partial charge on any atom is -0.396 e. The predicted molar refractivity (Wildman–Crippen MR) is 109 cm³/mol. The van der Waals surface area contributed by atoms with Crippen LogP contribution in [0, 0.1) is 6.92 Å². The predicted octanol–water partition coefficient (Wildman–Crippen LogP) is 1.93. The highest BCUT2D eigenvalue weighted by molar-refractivity contribution is 7.80. The fourth-order valence-corrected chi connectivity index (χ4v) is 3.05. The first-order chi connectivity index (χ1) is 12.6. The van der Waals surface area contributed by atoms with Crippen molar-refractivity contribution in [1.82, 2.24) is 15.2 Å². The standard InChI is InChI=1S/C19H27N3O3S/c1-14-6-3-7-15-12-16(18(24)21-17(14)15)13-22(9-5-10-23)19(26)20-8-4-11-25-2/h3,6-7,12,23H,4-5,8-11,13H2,1-2H3,(H,20,26)(H,21,24). The lowest BCUT2D eigenvalue weighted by Gasteiger charge is -2.25. The summed E-state index contributed by atoms with van der Waals surface area (Å²) in [6, 6.07) is 7.86. The first-order valence-corrected chi connectivity index (χ1v) is 9.21. The molecule has 0 aliphatic carbocycles. The quantitative estimate of drug-likeness (QED) is 0.458. The lowest BCUT2D eigenvalue weighted by molar-refractivity contribution is 0.195. The summed E-state index contributed by atoms with van der Waals surface area (Å²) >= 11 is 5.48. The third-order valence-electron chi connectivity index (χ3n) is 4.20. The van der Waals surface area contributed by atoms with Crippen LogP contribution in [0.1, 0.15) is 24.0 Å². The molecule has 0 amide bonds. The normalized spacial score (nSPS) is 10.9. The van der Waals surface area contributed by atoms with Crippen molar-refractivity contribution in [3.8, 4) is 0 Å². The van der Waals surface area contributed by atoms with E-state index in [0.717, 1.165) is 22.9 Å². The highest BCUT2D eigenvalue weighted by atomic mass is 32.1. The smallest absolute Gasteiger partial charge is 0.253 e. The monoisotopic (exact) mass is 377 g/mol. The van der Waals surface area contributed by atoms with Crippen LogP contribution in [-0.4, -0.2) is 53.5 Å². The van der Waals surface area contributed by atoms with Gasteiger partial charge in [0.25, 0.3) is 5.56 Å². The minimum atomic E-state index is -0.108. The molecule has 0 radical (unpaired) electrons. The molecule has 1 heterocycles. The molecule has 1 aromatic carbocycles. The van der Waals surface area contributed by atoms with Crippen LogP contribution in [-0.2, 0) is 11.3 Å². The number of aliphatic hydroxyl groups excluding tert-OH is 1. The van der Waals surface area contributed by atoms with E-state index >= 15 is 0 Å². The lowest BCUT2D eigenvalue weighted by atomic mass is 10.1. The molecule has 0 aliphatic heterocycles. The second kappa shape index (κ2) is 10.3. The first kappa shape index (κ1) is 20.4. The molecule has 0 unspecified atom stereocenters. The van der Waals surface area contributed by atoms with Crippen molar-refractivity contribution in [2.45, 2.75) is 26.3 Å². The van der Waals surface area contributed by atoms with Crippen molar-refractivity contribution in [2.75, 3.05) is 33.4 Å². The Morgan fingerprint density at radius 1 is 1.38 bits per heavy atom. The molecule has 0 atom stereocenters. The molecule has 0 spiro atoms. The second-order valence-electron chi connectivity index (χ2n) is 6.24. The Morgan fingerprint density at radius 2 is 2.19 bits per heavy atom. The van der Waals surface area contributed by atoms with E-state index in [1.165, 1.54) is 0 Å². The molecule has 1 aromatic heterocycles. The van der Waals surface area contributed by atoms with Gasteiger partial charge in [-0.1, -0.05) is 18.2 Å². The third kappa shape index (κ3) is 5.52. The number of aromatic nitrogens is 1. The summed E-state index contributed by atoms with van der Waals surface area (Å²) in [6.45, 7) is 4.40. The summed E-state index contributed by atoms with van der Waals surface area (Å²) in [5.74, 6) is 0. The van der Waals surface area contributed by atoms with E-state index < -0.39 is 0 Å². The van der Waals surface area contributed by atoms with Gasteiger partial charge in [0, 0.05) is 39.0 Å². The number of para-hydroxylation sites is 1. The lowest BCUT2D eigenvalue weighted by Crippen LogP contribution is -2.41. The highest BCUT2D eigenvalue weighted by Crippen LogP contribution is 2.16. The van der Waals surface area contributed by atoms with Gasteiger partial charge in [0.05, 0.1) is 12.1 Å². The zero-order chi connectivity index (χ0) is 18.9. The molecule has 0 aliphatic rings. The first-order valence-electron chi connectivity index (χ1n) is 8.81. The van der Waals surface area contributed by atoms with Crippen LogP contribution in [0.2, 0.25) is 0 Å². The average molecular weight is 378 g/mol. The number of benzene rings is 1. The zero-order valence-electron chi connectivity index (χ0n) is 15.4. The molecule has 3 N–H and O–H groups in total. The number of hydrogen-bond acceptors (Lipinski definition) is 4. The number of nitrogens with one attached hydrogen (secondary N) is 2. The van der Waals surface area contributed by atoms with Gasteiger partial charge in [0.2, 0.25) is 0 Å². The second-order valence-corrected chi connectivity index (χ2v) is 6.63. The number of rotatable bonds is 9.